The van der Waals surface area contributed by atoms with Gasteiger partial charge in [-0.05, 0) is 32.1 Å². The van der Waals surface area contributed by atoms with E-state index in [-0.39, 0.29) is 0 Å². The van der Waals surface area contributed by atoms with E-state index in [1.807, 2.05) is 0 Å². The summed E-state index contributed by atoms with van der Waals surface area (Å²) in [6, 6.07) is 0. The van der Waals surface area contributed by atoms with E-state index in [0.29, 0.717) is 6.61 Å². The summed E-state index contributed by atoms with van der Waals surface area (Å²) in [4.78, 5) is 0. The van der Waals surface area contributed by atoms with Gasteiger partial charge in [0.15, 0.2) is 0 Å². The Balaban J connectivity index is 3.42. The third-order valence-corrected chi connectivity index (χ3v) is 2.32. The van der Waals surface area contributed by atoms with Crippen molar-refractivity contribution in [3.63, 3.8) is 0 Å². The van der Waals surface area contributed by atoms with Crippen LogP contribution in [0.4, 0.5) is 0 Å². The standard InChI is InChI=1S/C12H24O/c1-3-9-12(4-2)10-7-5-6-8-11-13/h10,13H,3-9,11H2,1-2H3/b12-10+. The molecule has 1 heteroatoms. The van der Waals surface area contributed by atoms with Crippen LogP contribution in [0.1, 0.15) is 58.8 Å². The first kappa shape index (κ1) is 12.7. The molecule has 0 aromatic rings. The van der Waals surface area contributed by atoms with Gasteiger partial charge in [-0.25, -0.2) is 0 Å². The van der Waals surface area contributed by atoms with Crippen molar-refractivity contribution in [2.45, 2.75) is 58.8 Å². The van der Waals surface area contributed by atoms with E-state index in [0.717, 1.165) is 12.8 Å². The van der Waals surface area contributed by atoms with Crippen LogP contribution in [0.25, 0.3) is 0 Å². The molecule has 13 heavy (non-hydrogen) atoms. The van der Waals surface area contributed by atoms with Crippen molar-refractivity contribution in [1.29, 1.82) is 0 Å². The lowest BCUT2D eigenvalue weighted by Crippen LogP contribution is -1.84. The molecule has 0 saturated carbocycles. The first-order valence-electron chi connectivity index (χ1n) is 5.63. The second-order valence-electron chi connectivity index (χ2n) is 3.54. The van der Waals surface area contributed by atoms with Crippen molar-refractivity contribution < 1.29 is 5.11 Å². The zero-order chi connectivity index (χ0) is 9.94. The van der Waals surface area contributed by atoms with E-state index in [1.54, 1.807) is 5.57 Å². The summed E-state index contributed by atoms with van der Waals surface area (Å²) in [5.41, 5.74) is 1.60. The molecule has 0 heterocycles. The lowest BCUT2D eigenvalue weighted by atomic mass is 10.1. The van der Waals surface area contributed by atoms with Crippen LogP contribution in [0.15, 0.2) is 11.6 Å². The molecule has 1 nitrogen and oxygen atoms in total. The van der Waals surface area contributed by atoms with Gasteiger partial charge in [-0.1, -0.05) is 38.3 Å². The van der Waals surface area contributed by atoms with Gasteiger partial charge in [-0.2, -0.15) is 0 Å². The Labute approximate surface area is 82.9 Å². The number of allylic oxidation sites excluding steroid dienone is 2. The Hall–Kier alpha value is -0.300. The minimum absolute atomic E-state index is 0.347. The molecular weight excluding hydrogens is 160 g/mol. The van der Waals surface area contributed by atoms with Gasteiger partial charge >= 0.3 is 0 Å². The van der Waals surface area contributed by atoms with Crippen LogP contribution in [0.2, 0.25) is 0 Å². The predicted molar refractivity (Wildman–Crippen MR) is 58.8 cm³/mol. The Morgan fingerprint density at radius 2 is 1.92 bits per heavy atom. The molecule has 0 fully saturated rings. The molecule has 0 aromatic heterocycles. The van der Waals surface area contributed by atoms with Gasteiger partial charge < -0.3 is 5.11 Å². The summed E-state index contributed by atoms with van der Waals surface area (Å²) in [5, 5.41) is 8.59. The zero-order valence-electron chi connectivity index (χ0n) is 9.18. The summed E-state index contributed by atoms with van der Waals surface area (Å²) >= 11 is 0. The highest BCUT2D eigenvalue weighted by Crippen LogP contribution is 2.11. The highest BCUT2D eigenvalue weighted by molar-refractivity contribution is 5.00. The van der Waals surface area contributed by atoms with Gasteiger partial charge in [0, 0.05) is 6.61 Å². The highest BCUT2D eigenvalue weighted by atomic mass is 16.2. The second kappa shape index (κ2) is 9.79. The Bertz CT molecular complexity index is 127. The molecule has 0 aliphatic rings. The van der Waals surface area contributed by atoms with E-state index in [2.05, 4.69) is 19.9 Å². The van der Waals surface area contributed by atoms with Crippen molar-refractivity contribution in [3.05, 3.63) is 11.6 Å². The normalized spacial score (nSPS) is 12.1. The summed E-state index contributed by atoms with van der Waals surface area (Å²) in [6.07, 6.45) is 10.7. The van der Waals surface area contributed by atoms with E-state index in [9.17, 15) is 0 Å². The topological polar surface area (TPSA) is 20.2 Å². The number of hydrogen-bond donors (Lipinski definition) is 1. The fraction of sp³-hybridized carbons (Fsp3) is 0.833. The lowest BCUT2D eigenvalue weighted by molar-refractivity contribution is 0.283. The first-order chi connectivity index (χ1) is 6.35. The summed E-state index contributed by atoms with van der Waals surface area (Å²) in [5.74, 6) is 0. The van der Waals surface area contributed by atoms with E-state index < -0.39 is 0 Å². The molecule has 0 bridgehead atoms. The molecule has 0 rings (SSSR count). The molecule has 0 amide bonds. The number of unbranched alkanes of at least 4 members (excludes halogenated alkanes) is 3. The van der Waals surface area contributed by atoms with Crippen LogP contribution in [0, 0.1) is 0 Å². The van der Waals surface area contributed by atoms with Crippen molar-refractivity contribution >= 4 is 0 Å². The molecule has 1 N–H and O–H groups in total. The van der Waals surface area contributed by atoms with Gasteiger partial charge in [0.25, 0.3) is 0 Å². The van der Waals surface area contributed by atoms with Crippen LogP contribution < -0.4 is 0 Å². The number of aliphatic hydroxyl groups is 1. The highest BCUT2D eigenvalue weighted by Gasteiger charge is 1.92. The Kier molecular flexibility index (Phi) is 9.56. The van der Waals surface area contributed by atoms with Crippen LogP contribution in [0.3, 0.4) is 0 Å². The lowest BCUT2D eigenvalue weighted by Gasteiger charge is -2.02. The molecule has 0 spiro atoms. The van der Waals surface area contributed by atoms with E-state index in [4.69, 9.17) is 5.11 Å². The summed E-state index contributed by atoms with van der Waals surface area (Å²) in [6.45, 7) is 4.81. The summed E-state index contributed by atoms with van der Waals surface area (Å²) in [7, 11) is 0. The van der Waals surface area contributed by atoms with Crippen molar-refractivity contribution in [1.82, 2.24) is 0 Å². The van der Waals surface area contributed by atoms with Gasteiger partial charge in [0.05, 0.1) is 0 Å². The average Bonchev–Trinajstić information content (AvgIpc) is 2.16. The monoisotopic (exact) mass is 184 g/mol. The van der Waals surface area contributed by atoms with Gasteiger partial charge in [0.2, 0.25) is 0 Å². The summed E-state index contributed by atoms with van der Waals surface area (Å²) < 4.78 is 0. The third-order valence-electron chi connectivity index (χ3n) is 2.32. The maximum absolute atomic E-state index is 8.59. The van der Waals surface area contributed by atoms with Gasteiger partial charge in [-0.3, -0.25) is 0 Å². The molecule has 0 unspecified atom stereocenters. The molecule has 78 valence electrons. The minimum Gasteiger partial charge on any atom is -0.396 e. The third kappa shape index (κ3) is 8.04. The van der Waals surface area contributed by atoms with Crippen molar-refractivity contribution in [2.75, 3.05) is 6.61 Å². The maximum atomic E-state index is 8.59. The van der Waals surface area contributed by atoms with Crippen molar-refractivity contribution in [3.8, 4) is 0 Å². The molecule has 0 radical (unpaired) electrons. The number of aliphatic hydroxyl groups excluding tert-OH is 1. The fourth-order valence-electron chi connectivity index (χ4n) is 1.48. The zero-order valence-corrected chi connectivity index (χ0v) is 9.18. The Morgan fingerprint density at radius 3 is 2.46 bits per heavy atom. The Morgan fingerprint density at radius 1 is 1.15 bits per heavy atom. The van der Waals surface area contributed by atoms with Crippen LogP contribution >= 0.6 is 0 Å². The molecule has 0 atom stereocenters. The largest absolute Gasteiger partial charge is 0.396 e. The molecule has 0 aliphatic carbocycles. The SMILES string of the molecule is CCC/C(=C/CCCCCO)CC. The molecule has 0 aliphatic heterocycles. The number of rotatable bonds is 8. The molecule has 0 aromatic carbocycles. The quantitative estimate of drug-likeness (QED) is 0.451. The van der Waals surface area contributed by atoms with Crippen LogP contribution in [-0.4, -0.2) is 11.7 Å². The van der Waals surface area contributed by atoms with Crippen molar-refractivity contribution in [2.24, 2.45) is 0 Å². The van der Waals surface area contributed by atoms with Gasteiger partial charge in [-0.15, -0.1) is 0 Å². The molecular formula is C12H24O. The number of hydrogen-bond acceptors (Lipinski definition) is 1. The second-order valence-corrected chi connectivity index (χ2v) is 3.54. The maximum Gasteiger partial charge on any atom is 0.0431 e. The smallest absolute Gasteiger partial charge is 0.0431 e. The first-order valence-corrected chi connectivity index (χ1v) is 5.63. The average molecular weight is 184 g/mol. The van der Waals surface area contributed by atoms with E-state index in [1.165, 1.54) is 32.1 Å². The predicted octanol–water partition coefficient (Wildman–Crippen LogP) is 3.68. The van der Waals surface area contributed by atoms with E-state index >= 15 is 0 Å². The van der Waals surface area contributed by atoms with Gasteiger partial charge in [0.1, 0.15) is 0 Å². The van der Waals surface area contributed by atoms with Crippen LogP contribution in [0.5, 0.6) is 0 Å². The fourth-order valence-corrected chi connectivity index (χ4v) is 1.48. The van der Waals surface area contributed by atoms with Crippen LogP contribution in [-0.2, 0) is 0 Å². The molecule has 0 saturated heterocycles. The minimum atomic E-state index is 0.347.